The summed E-state index contributed by atoms with van der Waals surface area (Å²) in [6, 6.07) is 9.21. The minimum absolute atomic E-state index is 0.581. The largest absolute Gasteiger partial charge is 0.298 e. The Balaban J connectivity index is 2.31. The number of nitrogens with zero attached hydrogens (tertiary/aromatic N) is 1. The molecule has 0 aliphatic rings. The fraction of sp³-hybridized carbons (Fsp3) is 0.0769. The van der Waals surface area contributed by atoms with E-state index in [4.69, 9.17) is 11.6 Å². The van der Waals surface area contributed by atoms with Gasteiger partial charge in [0.05, 0.1) is 0 Å². The zero-order valence-corrected chi connectivity index (χ0v) is 9.32. The normalized spacial score (nSPS) is 10.1. The monoisotopic (exact) mass is 231 g/mol. The maximum atomic E-state index is 10.9. The van der Waals surface area contributed by atoms with Crippen LogP contribution in [0.15, 0.2) is 42.7 Å². The molecule has 2 rings (SSSR count). The van der Waals surface area contributed by atoms with Crippen LogP contribution in [-0.4, -0.2) is 11.3 Å². The van der Waals surface area contributed by atoms with Crippen molar-refractivity contribution in [2.75, 3.05) is 0 Å². The molecule has 2 aromatic rings. The molecule has 0 aliphatic heterocycles. The molecule has 16 heavy (non-hydrogen) atoms. The molecule has 0 atom stereocenters. The van der Waals surface area contributed by atoms with Crippen molar-refractivity contribution in [3.63, 3.8) is 0 Å². The number of rotatable bonds is 3. The van der Waals surface area contributed by atoms with Gasteiger partial charge in [0.1, 0.15) is 6.29 Å². The molecular formula is C13H10ClNO. The fourth-order valence-electron chi connectivity index (χ4n) is 1.56. The third kappa shape index (κ3) is 2.47. The smallest absolute Gasteiger partial charge is 0.150 e. The highest BCUT2D eigenvalue weighted by atomic mass is 35.5. The highest BCUT2D eigenvalue weighted by Gasteiger charge is 2.03. The molecule has 0 N–H and O–H groups in total. The summed E-state index contributed by atoms with van der Waals surface area (Å²) in [4.78, 5) is 14.9. The van der Waals surface area contributed by atoms with Crippen molar-refractivity contribution < 1.29 is 4.79 Å². The predicted octanol–water partition coefficient (Wildman–Crippen LogP) is 3.14. The Morgan fingerprint density at radius 1 is 1.31 bits per heavy atom. The summed E-state index contributed by atoms with van der Waals surface area (Å²) in [5.41, 5.74) is 2.68. The molecule has 1 aromatic heterocycles. The summed E-state index contributed by atoms with van der Waals surface area (Å²) >= 11 is 5.83. The lowest BCUT2D eigenvalue weighted by atomic mass is 10.0. The zero-order chi connectivity index (χ0) is 11.4. The standard InChI is InChI=1S/C13H10ClNO/c14-13-4-3-11(12(7-13)9-16)6-10-2-1-5-15-8-10/h1-5,7-9H,6H2. The molecule has 0 aliphatic carbocycles. The van der Waals surface area contributed by atoms with Crippen molar-refractivity contribution in [2.45, 2.75) is 6.42 Å². The van der Waals surface area contributed by atoms with Crippen LogP contribution in [-0.2, 0) is 6.42 Å². The molecule has 0 amide bonds. The number of carbonyl (C=O) groups is 1. The highest BCUT2D eigenvalue weighted by Crippen LogP contribution is 2.17. The van der Waals surface area contributed by atoms with Crippen molar-refractivity contribution in [3.05, 3.63) is 64.4 Å². The number of pyridine rings is 1. The predicted molar refractivity (Wildman–Crippen MR) is 63.9 cm³/mol. The van der Waals surface area contributed by atoms with E-state index < -0.39 is 0 Å². The molecule has 1 heterocycles. The molecule has 3 heteroatoms. The Hall–Kier alpha value is -1.67. The van der Waals surface area contributed by atoms with Crippen LogP contribution in [0.25, 0.3) is 0 Å². The van der Waals surface area contributed by atoms with Gasteiger partial charge in [0.2, 0.25) is 0 Å². The first kappa shape index (κ1) is 10.8. The number of carbonyl (C=O) groups excluding carboxylic acids is 1. The lowest BCUT2D eigenvalue weighted by Gasteiger charge is -2.04. The second kappa shape index (κ2) is 4.90. The Bertz CT molecular complexity index is 497. The molecule has 0 radical (unpaired) electrons. The van der Waals surface area contributed by atoms with Gasteiger partial charge in [-0.15, -0.1) is 0 Å². The van der Waals surface area contributed by atoms with Crippen LogP contribution >= 0.6 is 11.6 Å². The summed E-state index contributed by atoms with van der Waals surface area (Å²) in [5, 5.41) is 0.581. The second-order valence-electron chi connectivity index (χ2n) is 3.50. The van der Waals surface area contributed by atoms with Gasteiger partial charge in [-0.2, -0.15) is 0 Å². The maximum Gasteiger partial charge on any atom is 0.150 e. The van der Waals surface area contributed by atoms with Gasteiger partial charge in [0.15, 0.2) is 0 Å². The van der Waals surface area contributed by atoms with Gasteiger partial charge in [-0.25, -0.2) is 0 Å². The molecule has 0 unspecified atom stereocenters. The van der Waals surface area contributed by atoms with Gasteiger partial charge in [0, 0.05) is 23.0 Å². The van der Waals surface area contributed by atoms with Crippen molar-refractivity contribution in [3.8, 4) is 0 Å². The summed E-state index contributed by atoms with van der Waals surface area (Å²) in [7, 11) is 0. The first-order chi connectivity index (χ1) is 7.79. The molecule has 0 saturated carbocycles. The molecule has 0 bridgehead atoms. The van der Waals surface area contributed by atoms with Crippen LogP contribution in [0, 0.1) is 0 Å². The van der Waals surface area contributed by atoms with E-state index in [1.54, 1.807) is 24.5 Å². The molecule has 1 aromatic carbocycles. The summed E-state index contributed by atoms with van der Waals surface area (Å²) in [6.07, 6.45) is 5.05. The molecule has 0 saturated heterocycles. The Morgan fingerprint density at radius 3 is 2.88 bits per heavy atom. The van der Waals surface area contributed by atoms with Crippen molar-refractivity contribution in [1.82, 2.24) is 4.98 Å². The minimum Gasteiger partial charge on any atom is -0.298 e. The van der Waals surface area contributed by atoms with Crippen molar-refractivity contribution in [1.29, 1.82) is 0 Å². The maximum absolute atomic E-state index is 10.9. The van der Waals surface area contributed by atoms with Crippen LogP contribution in [0.3, 0.4) is 0 Å². The molecule has 2 nitrogen and oxygen atoms in total. The van der Waals surface area contributed by atoms with Crippen LogP contribution in [0.1, 0.15) is 21.5 Å². The highest BCUT2D eigenvalue weighted by molar-refractivity contribution is 6.30. The first-order valence-corrected chi connectivity index (χ1v) is 5.30. The molecule has 0 fully saturated rings. The third-order valence-corrected chi connectivity index (χ3v) is 2.59. The number of halogens is 1. The van der Waals surface area contributed by atoms with Crippen molar-refractivity contribution in [2.24, 2.45) is 0 Å². The van der Waals surface area contributed by atoms with E-state index >= 15 is 0 Å². The average Bonchev–Trinajstić information content (AvgIpc) is 2.33. The third-order valence-electron chi connectivity index (χ3n) is 2.35. The summed E-state index contributed by atoms with van der Waals surface area (Å²) in [6.45, 7) is 0. The first-order valence-electron chi connectivity index (χ1n) is 4.92. The van der Waals surface area contributed by atoms with Gasteiger partial charge >= 0.3 is 0 Å². The number of benzene rings is 1. The van der Waals surface area contributed by atoms with E-state index in [0.717, 1.165) is 17.4 Å². The van der Waals surface area contributed by atoms with E-state index in [-0.39, 0.29) is 0 Å². The number of hydrogen-bond acceptors (Lipinski definition) is 2. The van der Waals surface area contributed by atoms with E-state index in [9.17, 15) is 4.79 Å². The zero-order valence-electron chi connectivity index (χ0n) is 8.56. The number of aldehydes is 1. The Kier molecular flexibility index (Phi) is 3.32. The van der Waals surface area contributed by atoms with Gasteiger partial charge in [-0.1, -0.05) is 23.7 Å². The topological polar surface area (TPSA) is 30.0 Å². The van der Waals surface area contributed by atoms with Gasteiger partial charge in [0.25, 0.3) is 0 Å². The lowest BCUT2D eigenvalue weighted by molar-refractivity contribution is 0.112. The van der Waals surface area contributed by atoms with E-state index in [1.807, 2.05) is 18.2 Å². The van der Waals surface area contributed by atoms with E-state index in [1.165, 1.54) is 0 Å². The minimum atomic E-state index is 0.581. The van der Waals surface area contributed by atoms with Gasteiger partial charge in [-0.3, -0.25) is 9.78 Å². The van der Waals surface area contributed by atoms with Crippen LogP contribution in [0.5, 0.6) is 0 Å². The average molecular weight is 232 g/mol. The molecular weight excluding hydrogens is 222 g/mol. The Labute approximate surface area is 98.9 Å². The van der Waals surface area contributed by atoms with Gasteiger partial charge < -0.3 is 0 Å². The van der Waals surface area contributed by atoms with E-state index in [2.05, 4.69) is 4.98 Å². The van der Waals surface area contributed by atoms with Crippen LogP contribution in [0.4, 0.5) is 0 Å². The Morgan fingerprint density at radius 2 is 2.19 bits per heavy atom. The van der Waals surface area contributed by atoms with Crippen molar-refractivity contribution >= 4 is 17.9 Å². The molecule has 80 valence electrons. The van der Waals surface area contributed by atoms with Crippen LogP contribution < -0.4 is 0 Å². The number of hydrogen-bond donors (Lipinski definition) is 0. The molecule has 0 spiro atoms. The van der Waals surface area contributed by atoms with E-state index in [0.29, 0.717) is 17.0 Å². The SMILES string of the molecule is O=Cc1cc(Cl)ccc1Cc1cccnc1. The quantitative estimate of drug-likeness (QED) is 0.760. The number of aromatic nitrogens is 1. The fourth-order valence-corrected chi connectivity index (χ4v) is 1.74. The van der Waals surface area contributed by atoms with Crippen LogP contribution in [0.2, 0.25) is 5.02 Å². The van der Waals surface area contributed by atoms with Gasteiger partial charge in [-0.05, 0) is 35.7 Å². The summed E-state index contributed by atoms with van der Waals surface area (Å²) < 4.78 is 0. The lowest BCUT2D eigenvalue weighted by Crippen LogP contribution is -1.94. The second-order valence-corrected chi connectivity index (χ2v) is 3.94. The summed E-state index contributed by atoms with van der Waals surface area (Å²) in [5.74, 6) is 0.